The second kappa shape index (κ2) is 5.00. The number of carboxylic acid groups (broad SMARTS) is 1. The highest BCUT2D eigenvalue weighted by Gasteiger charge is 2.14. The molecular weight excluding hydrogens is 252 g/mol. The molecule has 1 heterocycles. The van der Waals surface area contributed by atoms with E-state index in [0.29, 0.717) is 17.3 Å². The topological polar surface area (TPSA) is 45.5 Å². The van der Waals surface area contributed by atoms with Crippen molar-refractivity contribution in [3.63, 3.8) is 0 Å². The van der Waals surface area contributed by atoms with Crippen LogP contribution in [-0.2, 0) is 6.54 Å². The zero-order valence-corrected chi connectivity index (χ0v) is 11.1. The van der Waals surface area contributed by atoms with Crippen LogP contribution in [0.1, 0.15) is 10.5 Å². The molecule has 0 saturated heterocycles. The number of carbonyl (C=O) groups is 1. The van der Waals surface area contributed by atoms with Crippen molar-refractivity contribution in [2.24, 2.45) is 0 Å². The van der Waals surface area contributed by atoms with E-state index in [1.165, 1.54) is 0 Å². The number of halogens is 1. The van der Waals surface area contributed by atoms with Gasteiger partial charge in [0.15, 0.2) is 0 Å². The average molecular weight is 267 g/mol. The summed E-state index contributed by atoms with van der Waals surface area (Å²) in [6, 6.07) is 7.10. The normalized spacial score (nSPS) is 11.3. The van der Waals surface area contributed by atoms with Gasteiger partial charge in [-0.2, -0.15) is 0 Å². The number of rotatable bonds is 4. The molecule has 18 heavy (non-hydrogen) atoms. The van der Waals surface area contributed by atoms with Gasteiger partial charge in [0.1, 0.15) is 5.69 Å². The van der Waals surface area contributed by atoms with E-state index in [0.717, 1.165) is 17.4 Å². The standard InChI is InChI=1S/C13H15ClN2O2/c1-15(2)5-6-16-11-8-10(14)4-3-9(11)7-12(16)13(17)18/h3-4,7-8H,5-6H2,1-2H3,(H,17,18). The van der Waals surface area contributed by atoms with E-state index in [-0.39, 0.29) is 0 Å². The van der Waals surface area contributed by atoms with Crippen LogP contribution in [-0.4, -0.2) is 41.2 Å². The molecule has 2 aromatic rings. The summed E-state index contributed by atoms with van der Waals surface area (Å²) in [4.78, 5) is 13.3. The van der Waals surface area contributed by atoms with Gasteiger partial charge in [0, 0.05) is 23.5 Å². The van der Waals surface area contributed by atoms with Crippen molar-refractivity contribution >= 4 is 28.5 Å². The zero-order chi connectivity index (χ0) is 13.3. The Morgan fingerprint density at radius 3 is 2.72 bits per heavy atom. The Morgan fingerprint density at radius 2 is 2.11 bits per heavy atom. The van der Waals surface area contributed by atoms with E-state index in [9.17, 15) is 9.90 Å². The molecule has 1 N–H and O–H groups in total. The van der Waals surface area contributed by atoms with Crippen LogP contribution in [0.25, 0.3) is 10.9 Å². The van der Waals surface area contributed by atoms with Crippen LogP contribution in [0, 0.1) is 0 Å². The number of aromatic nitrogens is 1. The fourth-order valence-electron chi connectivity index (χ4n) is 1.95. The molecule has 5 heteroatoms. The van der Waals surface area contributed by atoms with Gasteiger partial charge in [-0.25, -0.2) is 4.79 Å². The summed E-state index contributed by atoms with van der Waals surface area (Å²) in [7, 11) is 3.91. The number of likely N-dealkylation sites (N-methyl/N-ethyl adjacent to an activating group) is 1. The van der Waals surface area contributed by atoms with Gasteiger partial charge in [0.25, 0.3) is 0 Å². The number of hydrogen-bond donors (Lipinski definition) is 1. The molecule has 0 aliphatic carbocycles. The highest BCUT2D eigenvalue weighted by atomic mass is 35.5. The van der Waals surface area contributed by atoms with Crippen LogP contribution >= 0.6 is 11.6 Å². The third-order valence-corrected chi connectivity index (χ3v) is 3.09. The lowest BCUT2D eigenvalue weighted by Crippen LogP contribution is -2.20. The Bertz CT molecular complexity index is 590. The third-order valence-electron chi connectivity index (χ3n) is 2.86. The molecule has 2 rings (SSSR count). The fourth-order valence-corrected chi connectivity index (χ4v) is 2.11. The summed E-state index contributed by atoms with van der Waals surface area (Å²) in [5, 5.41) is 10.7. The first-order valence-corrected chi connectivity index (χ1v) is 6.03. The molecule has 0 unspecified atom stereocenters. The maximum absolute atomic E-state index is 11.3. The molecule has 0 spiro atoms. The minimum absolute atomic E-state index is 0.300. The predicted molar refractivity (Wildman–Crippen MR) is 72.5 cm³/mol. The maximum Gasteiger partial charge on any atom is 0.352 e. The Labute approximate surface area is 110 Å². The number of fused-ring (bicyclic) bond motifs is 1. The van der Waals surface area contributed by atoms with Crippen molar-refractivity contribution in [3.05, 3.63) is 35.0 Å². The largest absolute Gasteiger partial charge is 0.477 e. The fraction of sp³-hybridized carbons (Fsp3) is 0.308. The van der Waals surface area contributed by atoms with E-state index in [1.807, 2.05) is 25.1 Å². The first-order valence-electron chi connectivity index (χ1n) is 5.66. The first-order chi connectivity index (χ1) is 8.49. The second-order valence-corrected chi connectivity index (χ2v) is 4.93. The van der Waals surface area contributed by atoms with Gasteiger partial charge in [-0.15, -0.1) is 0 Å². The lowest BCUT2D eigenvalue weighted by Gasteiger charge is -2.13. The molecule has 1 aromatic heterocycles. The van der Waals surface area contributed by atoms with Gasteiger partial charge >= 0.3 is 5.97 Å². The molecule has 0 aliphatic heterocycles. The summed E-state index contributed by atoms with van der Waals surface area (Å²) < 4.78 is 1.80. The minimum atomic E-state index is -0.916. The van der Waals surface area contributed by atoms with Crippen LogP contribution in [0.4, 0.5) is 0 Å². The molecule has 0 fully saturated rings. The Morgan fingerprint density at radius 1 is 1.39 bits per heavy atom. The molecule has 1 aromatic carbocycles. The van der Waals surface area contributed by atoms with Crippen LogP contribution < -0.4 is 0 Å². The molecular formula is C13H15ClN2O2. The number of nitrogens with zero attached hydrogens (tertiary/aromatic N) is 2. The van der Waals surface area contributed by atoms with Gasteiger partial charge in [-0.3, -0.25) is 0 Å². The third kappa shape index (κ3) is 2.49. The number of carboxylic acids is 1. The smallest absolute Gasteiger partial charge is 0.352 e. The monoisotopic (exact) mass is 266 g/mol. The minimum Gasteiger partial charge on any atom is -0.477 e. The summed E-state index contributed by atoms with van der Waals surface area (Å²) in [5.41, 5.74) is 1.16. The van der Waals surface area contributed by atoms with Crippen molar-refractivity contribution in [2.45, 2.75) is 6.54 Å². The molecule has 0 saturated carbocycles. The van der Waals surface area contributed by atoms with Gasteiger partial charge < -0.3 is 14.6 Å². The van der Waals surface area contributed by atoms with Crippen molar-refractivity contribution < 1.29 is 9.90 Å². The molecule has 4 nitrogen and oxygen atoms in total. The number of benzene rings is 1. The zero-order valence-electron chi connectivity index (χ0n) is 10.4. The van der Waals surface area contributed by atoms with Crippen LogP contribution in [0.5, 0.6) is 0 Å². The molecule has 0 radical (unpaired) electrons. The van der Waals surface area contributed by atoms with E-state index in [2.05, 4.69) is 0 Å². The molecule has 0 bridgehead atoms. The van der Waals surface area contributed by atoms with Gasteiger partial charge in [0.2, 0.25) is 0 Å². The van der Waals surface area contributed by atoms with Crippen LogP contribution in [0.3, 0.4) is 0 Å². The van der Waals surface area contributed by atoms with E-state index in [4.69, 9.17) is 11.6 Å². The Hall–Kier alpha value is -1.52. The Kier molecular flexibility index (Phi) is 3.59. The lowest BCUT2D eigenvalue weighted by atomic mass is 10.2. The molecule has 96 valence electrons. The van der Waals surface area contributed by atoms with Crippen LogP contribution in [0.2, 0.25) is 5.02 Å². The van der Waals surface area contributed by atoms with E-state index >= 15 is 0 Å². The molecule has 0 amide bonds. The first kappa shape index (κ1) is 12.9. The van der Waals surface area contributed by atoms with Crippen LogP contribution in [0.15, 0.2) is 24.3 Å². The summed E-state index contributed by atoms with van der Waals surface area (Å²) in [5.74, 6) is -0.916. The number of hydrogen-bond acceptors (Lipinski definition) is 2. The summed E-state index contributed by atoms with van der Waals surface area (Å²) in [6.45, 7) is 1.40. The summed E-state index contributed by atoms with van der Waals surface area (Å²) >= 11 is 5.97. The summed E-state index contributed by atoms with van der Waals surface area (Å²) in [6.07, 6.45) is 0. The number of aromatic carboxylic acids is 1. The predicted octanol–water partition coefficient (Wildman–Crippen LogP) is 2.55. The van der Waals surface area contributed by atoms with E-state index < -0.39 is 5.97 Å². The average Bonchev–Trinajstić information content (AvgIpc) is 2.64. The lowest BCUT2D eigenvalue weighted by molar-refractivity contribution is 0.0685. The van der Waals surface area contributed by atoms with Crippen molar-refractivity contribution in [1.29, 1.82) is 0 Å². The molecule has 0 aliphatic rings. The molecule has 0 atom stereocenters. The highest BCUT2D eigenvalue weighted by molar-refractivity contribution is 6.31. The van der Waals surface area contributed by atoms with Gasteiger partial charge in [-0.1, -0.05) is 17.7 Å². The van der Waals surface area contributed by atoms with Crippen molar-refractivity contribution in [3.8, 4) is 0 Å². The maximum atomic E-state index is 11.3. The SMILES string of the molecule is CN(C)CCn1c(C(=O)O)cc2ccc(Cl)cc21. The second-order valence-electron chi connectivity index (χ2n) is 4.49. The van der Waals surface area contributed by atoms with Gasteiger partial charge in [0.05, 0.1) is 5.52 Å². The van der Waals surface area contributed by atoms with E-state index in [1.54, 1.807) is 22.8 Å². The van der Waals surface area contributed by atoms with Gasteiger partial charge in [-0.05, 0) is 32.3 Å². The van der Waals surface area contributed by atoms with Crippen molar-refractivity contribution in [1.82, 2.24) is 9.47 Å². The Balaban J connectivity index is 2.53. The highest BCUT2D eigenvalue weighted by Crippen LogP contribution is 2.23. The van der Waals surface area contributed by atoms with Crippen molar-refractivity contribution in [2.75, 3.05) is 20.6 Å². The quantitative estimate of drug-likeness (QED) is 0.925.